The molecule has 67 heavy (non-hydrogen) atoms. The molecule has 0 aliphatic rings. The highest BCUT2D eigenvalue weighted by molar-refractivity contribution is 5.71. The van der Waals surface area contributed by atoms with Gasteiger partial charge in [-0.15, -0.1) is 0 Å². The molecule has 6 nitrogen and oxygen atoms in total. The summed E-state index contributed by atoms with van der Waals surface area (Å²) in [7, 11) is 0. The van der Waals surface area contributed by atoms with Gasteiger partial charge < -0.3 is 14.2 Å². The van der Waals surface area contributed by atoms with Crippen LogP contribution in [0.3, 0.4) is 0 Å². The summed E-state index contributed by atoms with van der Waals surface area (Å²) in [6.45, 7) is 6.35. The maximum Gasteiger partial charge on any atom is 0.306 e. The molecule has 0 aliphatic heterocycles. The van der Waals surface area contributed by atoms with Gasteiger partial charge in [0.2, 0.25) is 0 Å². The van der Waals surface area contributed by atoms with Crippen molar-refractivity contribution >= 4 is 17.9 Å². The minimum atomic E-state index is -0.806. The Balaban J connectivity index is 4.50. The highest BCUT2D eigenvalue weighted by atomic mass is 16.6. The van der Waals surface area contributed by atoms with Crippen molar-refractivity contribution in [3.8, 4) is 0 Å². The van der Waals surface area contributed by atoms with Gasteiger partial charge in [-0.25, -0.2) is 0 Å². The van der Waals surface area contributed by atoms with E-state index in [4.69, 9.17) is 14.2 Å². The van der Waals surface area contributed by atoms with Gasteiger partial charge in [-0.1, -0.05) is 207 Å². The monoisotopic (exact) mass is 929 g/mol. The molecule has 1 atom stereocenters. The van der Waals surface area contributed by atoms with Crippen LogP contribution in [0.1, 0.15) is 239 Å². The second kappa shape index (κ2) is 54.7. The molecular formula is C61H100O6. The molecule has 0 aliphatic carbocycles. The largest absolute Gasteiger partial charge is 0.462 e. The summed E-state index contributed by atoms with van der Waals surface area (Å²) in [5.41, 5.74) is 0. The number of unbranched alkanes of at least 4 members (excludes halogenated alkanes) is 19. The highest BCUT2D eigenvalue weighted by Crippen LogP contribution is 2.13. The number of carbonyl (C=O) groups is 3. The predicted octanol–water partition coefficient (Wildman–Crippen LogP) is 18.3. The molecule has 0 rings (SSSR count). The Bertz CT molecular complexity index is 1390. The molecule has 0 aromatic heterocycles. The summed E-state index contributed by atoms with van der Waals surface area (Å²) in [5.74, 6) is -0.962. The summed E-state index contributed by atoms with van der Waals surface area (Å²) in [5, 5.41) is 0. The lowest BCUT2D eigenvalue weighted by Crippen LogP contribution is -2.30. The van der Waals surface area contributed by atoms with E-state index in [2.05, 4.69) is 130 Å². The van der Waals surface area contributed by atoms with Crippen molar-refractivity contribution < 1.29 is 28.6 Å². The van der Waals surface area contributed by atoms with Crippen molar-refractivity contribution in [3.63, 3.8) is 0 Å². The minimum Gasteiger partial charge on any atom is -0.462 e. The van der Waals surface area contributed by atoms with Crippen LogP contribution in [0.25, 0.3) is 0 Å². The summed E-state index contributed by atoms with van der Waals surface area (Å²) in [6.07, 6.45) is 73.6. The van der Waals surface area contributed by atoms with E-state index in [1.165, 1.54) is 51.4 Å². The fraction of sp³-hybridized carbons (Fsp3) is 0.656. The van der Waals surface area contributed by atoms with Gasteiger partial charge in [0, 0.05) is 19.3 Å². The maximum atomic E-state index is 12.8. The van der Waals surface area contributed by atoms with Gasteiger partial charge >= 0.3 is 17.9 Å². The number of carbonyl (C=O) groups excluding carboxylic acids is 3. The van der Waals surface area contributed by atoms with Crippen molar-refractivity contribution in [1.82, 2.24) is 0 Å². The summed E-state index contributed by atoms with van der Waals surface area (Å²) in [6, 6.07) is 0. The third kappa shape index (κ3) is 52.9. The number of allylic oxidation sites excluding steroid dienone is 18. The van der Waals surface area contributed by atoms with Crippen molar-refractivity contribution in [2.75, 3.05) is 13.2 Å². The zero-order chi connectivity index (χ0) is 48.6. The number of rotatable bonds is 48. The first-order chi connectivity index (χ1) is 33.0. The van der Waals surface area contributed by atoms with Gasteiger partial charge in [0.1, 0.15) is 13.2 Å². The van der Waals surface area contributed by atoms with E-state index in [9.17, 15) is 14.4 Å². The third-order valence-electron chi connectivity index (χ3n) is 11.2. The summed E-state index contributed by atoms with van der Waals surface area (Å²) >= 11 is 0. The Morgan fingerprint density at radius 2 is 0.582 bits per heavy atom. The van der Waals surface area contributed by atoms with Gasteiger partial charge in [-0.2, -0.15) is 0 Å². The van der Waals surface area contributed by atoms with Crippen LogP contribution in [0.15, 0.2) is 109 Å². The number of ether oxygens (including phenoxy) is 3. The summed E-state index contributed by atoms with van der Waals surface area (Å²) < 4.78 is 16.8. The third-order valence-corrected chi connectivity index (χ3v) is 11.2. The molecule has 6 heteroatoms. The van der Waals surface area contributed by atoms with Crippen LogP contribution >= 0.6 is 0 Å². The quantitative estimate of drug-likeness (QED) is 0.0262. The SMILES string of the molecule is CC/C=C\C/C=C\C/C=C\C/C=C\C/C=C\CCCCCC(=O)OC[C@H](COC(=O)CCCCCCC/C=C\CCCCCCCC)OC(=O)CCCCCCC/C=C\C/C=C\C/C=C\CC. The van der Waals surface area contributed by atoms with Gasteiger partial charge in [0.25, 0.3) is 0 Å². The van der Waals surface area contributed by atoms with Crippen LogP contribution in [0.2, 0.25) is 0 Å². The van der Waals surface area contributed by atoms with Gasteiger partial charge in [0.05, 0.1) is 0 Å². The molecule has 380 valence electrons. The molecule has 0 amide bonds. The Kier molecular flexibility index (Phi) is 51.5. The molecule has 0 saturated heterocycles. The molecule has 0 radical (unpaired) electrons. The fourth-order valence-electron chi connectivity index (χ4n) is 7.18. The molecule has 0 aromatic carbocycles. The molecule has 0 spiro atoms. The van der Waals surface area contributed by atoms with Crippen LogP contribution in [-0.2, 0) is 28.6 Å². The lowest BCUT2D eigenvalue weighted by atomic mass is 10.1. The van der Waals surface area contributed by atoms with E-state index in [1.54, 1.807) is 0 Å². The Morgan fingerprint density at radius 1 is 0.313 bits per heavy atom. The number of esters is 3. The Morgan fingerprint density at radius 3 is 0.940 bits per heavy atom. The lowest BCUT2D eigenvalue weighted by Gasteiger charge is -2.18. The van der Waals surface area contributed by atoms with Crippen LogP contribution in [0.5, 0.6) is 0 Å². The van der Waals surface area contributed by atoms with Crippen LogP contribution < -0.4 is 0 Å². The topological polar surface area (TPSA) is 78.9 Å². The Labute approximate surface area is 412 Å². The van der Waals surface area contributed by atoms with Gasteiger partial charge in [-0.05, 0) is 122 Å². The molecule has 0 heterocycles. The normalized spacial score (nSPS) is 12.9. The van der Waals surface area contributed by atoms with E-state index in [-0.39, 0.29) is 31.1 Å². The fourth-order valence-corrected chi connectivity index (χ4v) is 7.18. The molecular weight excluding hydrogens is 829 g/mol. The number of hydrogen-bond donors (Lipinski definition) is 0. The average Bonchev–Trinajstić information content (AvgIpc) is 3.33. The van der Waals surface area contributed by atoms with E-state index < -0.39 is 6.10 Å². The first-order valence-electron chi connectivity index (χ1n) is 27.4. The first-order valence-corrected chi connectivity index (χ1v) is 27.4. The minimum absolute atomic E-state index is 0.102. The molecule has 0 aromatic rings. The maximum absolute atomic E-state index is 12.8. The number of hydrogen-bond acceptors (Lipinski definition) is 6. The van der Waals surface area contributed by atoms with Crippen molar-refractivity contribution in [3.05, 3.63) is 109 Å². The van der Waals surface area contributed by atoms with Crippen molar-refractivity contribution in [2.45, 2.75) is 245 Å². The van der Waals surface area contributed by atoms with Crippen LogP contribution in [-0.4, -0.2) is 37.2 Å². The zero-order valence-electron chi connectivity index (χ0n) is 43.4. The van der Waals surface area contributed by atoms with Gasteiger partial charge in [0.15, 0.2) is 6.10 Å². The van der Waals surface area contributed by atoms with Crippen LogP contribution in [0, 0.1) is 0 Å². The van der Waals surface area contributed by atoms with E-state index >= 15 is 0 Å². The second-order valence-corrected chi connectivity index (χ2v) is 17.7. The summed E-state index contributed by atoms with van der Waals surface area (Å²) in [4.78, 5) is 38.1. The average molecular weight is 929 g/mol. The standard InChI is InChI=1S/C61H100O6/c1-4-7-10-13-16-19-22-25-28-29-30-31-34-36-39-42-45-48-51-54-60(63)66-57-58(67-61(64)55-52-49-46-43-40-37-33-27-24-21-18-15-12-9-6-3)56-65-59(62)53-50-47-44-41-38-35-32-26-23-20-17-14-11-8-5-2/h7,9-10,12,16,18-19,21,25-28,30-33,36,39,58H,4-6,8,11,13-15,17,20,22-24,29,34-35,37-38,40-57H2,1-3H3/b10-7-,12-9-,19-16-,21-18-,28-25-,31-30-,32-26-,33-27-,39-36-/t58-/m0/s1. The van der Waals surface area contributed by atoms with Gasteiger partial charge in [-0.3, -0.25) is 14.4 Å². The van der Waals surface area contributed by atoms with Crippen LogP contribution in [0.4, 0.5) is 0 Å². The predicted molar refractivity (Wildman–Crippen MR) is 288 cm³/mol. The smallest absolute Gasteiger partial charge is 0.306 e. The van der Waals surface area contributed by atoms with E-state index in [0.717, 1.165) is 148 Å². The first kappa shape index (κ1) is 63.1. The molecule has 0 saturated carbocycles. The second-order valence-electron chi connectivity index (χ2n) is 17.7. The molecule has 0 bridgehead atoms. The lowest BCUT2D eigenvalue weighted by molar-refractivity contribution is -0.167. The highest BCUT2D eigenvalue weighted by Gasteiger charge is 2.19. The Hall–Kier alpha value is -3.93. The van der Waals surface area contributed by atoms with E-state index in [0.29, 0.717) is 19.3 Å². The molecule has 0 N–H and O–H groups in total. The van der Waals surface area contributed by atoms with E-state index in [1.807, 2.05) is 0 Å². The zero-order valence-corrected chi connectivity index (χ0v) is 43.4. The molecule has 0 unspecified atom stereocenters. The van der Waals surface area contributed by atoms with Crippen molar-refractivity contribution in [2.24, 2.45) is 0 Å². The molecule has 0 fully saturated rings. The van der Waals surface area contributed by atoms with Crippen molar-refractivity contribution in [1.29, 1.82) is 0 Å².